The van der Waals surface area contributed by atoms with Gasteiger partial charge in [-0.1, -0.05) is 44.9 Å². The summed E-state index contributed by atoms with van der Waals surface area (Å²) in [4.78, 5) is 0. The molecule has 1 N–H and O–H groups in total. The normalized spacial score (nSPS) is 12.7. The predicted octanol–water partition coefficient (Wildman–Crippen LogP) is 2.22. The molecule has 0 radical (unpaired) electrons. The molecule has 1 aromatic rings. The lowest BCUT2D eigenvalue weighted by Gasteiger charge is -2.13. The van der Waals surface area contributed by atoms with Gasteiger partial charge in [-0.25, -0.2) is 4.68 Å². The summed E-state index contributed by atoms with van der Waals surface area (Å²) in [5.41, 5.74) is 0. The number of hydrogen-bond donors (Lipinski definition) is 1. The van der Waals surface area contributed by atoms with Crippen molar-refractivity contribution in [2.75, 3.05) is 32.6 Å². The topological polar surface area (TPSA) is 64.9 Å². The fourth-order valence-electron chi connectivity index (χ4n) is 2.01. The molecular weight excluding hydrogens is 286 g/mol. The van der Waals surface area contributed by atoms with E-state index in [1.54, 1.807) is 18.9 Å². The summed E-state index contributed by atoms with van der Waals surface area (Å²) in [5, 5.41) is 16.2. The molecule has 0 aliphatic carbocycles. The molecule has 1 atom stereocenters. The Kier molecular flexibility index (Phi) is 10.5. The number of aromatic nitrogens is 4. The van der Waals surface area contributed by atoms with Crippen molar-refractivity contribution < 1.29 is 4.74 Å². The minimum absolute atomic E-state index is 0.729. The first-order valence-corrected chi connectivity index (χ1v) is 8.88. The molecule has 0 aliphatic heterocycles. The Morgan fingerprint density at radius 1 is 1.33 bits per heavy atom. The molecule has 0 fully saturated rings. The molecule has 0 saturated carbocycles. The van der Waals surface area contributed by atoms with Crippen molar-refractivity contribution in [1.29, 1.82) is 0 Å². The monoisotopic (exact) mass is 315 g/mol. The Hall–Kier alpha value is -0.660. The van der Waals surface area contributed by atoms with Crippen LogP contribution in [0.5, 0.6) is 0 Å². The van der Waals surface area contributed by atoms with Gasteiger partial charge in [0.25, 0.3) is 0 Å². The Bertz CT molecular complexity index is 361. The largest absolute Gasteiger partial charge is 0.383 e. The molecule has 1 aromatic heterocycles. The van der Waals surface area contributed by atoms with Gasteiger partial charge < -0.3 is 10.1 Å². The Balaban J connectivity index is 2.30. The average Bonchev–Trinajstić information content (AvgIpc) is 2.95. The number of nitrogens with zero attached hydrogens (tertiary/aromatic N) is 4. The second kappa shape index (κ2) is 11.9. The van der Waals surface area contributed by atoms with Gasteiger partial charge in [-0.2, -0.15) is 0 Å². The highest BCUT2D eigenvalue weighted by molar-refractivity contribution is 7.99. The maximum atomic E-state index is 5.00. The number of thioether (sulfide) groups is 1. The lowest BCUT2D eigenvalue weighted by Crippen LogP contribution is -2.24. The van der Waals surface area contributed by atoms with E-state index in [4.69, 9.17) is 4.74 Å². The summed E-state index contributed by atoms with van der Waals surface area (Å²) in [6.07, 6.45) is 5.12. The van der Waals surface area contributed by atoms with Crippen molar-refractivity contribution in [2.45, 2.75) is 51.2 Å². The van der Waals surface area contributed by atoms with Crippen LogP contribution in [-0.4, -0.2) is 52.8 Å². The van der Waals surface area contributed by atoms with E-state index in [0.29, 0.717) is 0 Å². The molecule has 0 bridgehead atoms. The fourth-order valence-corrected chi connectivity index (χ4v) is 3.17. The lowest BCUT2D eigenvalue weighted by atomic mass is 10.0. The first kappa shape index (κ1) is 18.4. The van der Waals surface area contributed by atoms with Gasteiger partial charge in [0.1, 0.15) is 0 Å². The molecular formula is C14H29N5OS. The summed E-state index contributed by atoms with van der Waals surface area (Å²) >= 11 is 1.78. The summed E-state index contributed by atoms with van der Waals surface area (Å²) in [7, 11) is 1.71. The first-order chi connectivity index (χ1) is 10.3. The van der Waals surface area contributed by atoms with Crippen LogP contribution in [-0.2, 0) is 11.3 Å². The highest BCUT2D eigenvalue weighted by atomic mass is 32.2. The molecule has 7 heteroatoms. The van der Waals surface area contributed by atoms with Crippen LogP contribution < -0.4 is 5.32 Å². The summed E-state index contributed by atoms with van der Waals surface area (Å²) < 4.78 is 6.88. The molecule has 1 heterocycles. The van der Waals surface area contributed by atoms with Crippen LogP contribution in [0.1, 0.15) is 39.5 Å². The van der Waals surface area contributed by atoms with Gasteiger partial charge in [-0.05, 0) is 22.8 Å². The van der Waals surface area contributed by atoms with Gasteiger partial charge in [0.2, 0.25) is 5.16 Å². The Labute approximate surface area is 132 Å². The molecule has 0 aliphatic rings. The van der Waals surface area contributed by atoms with Crippen LogP contribution in [0, 0.1) is 5.92 Å². The van der Waals surface area contributed by atoms with Crippen molar-refractivity contribution in [2.24, 2.45) is 5.92 Å². The third-order valence-electron chi connectivity index (χ3n) is 3.47. The number of ether oxygens (including phenoxy) is 1. The van der Waals surface area contributed by atoms with Crippen molar-refractivity contribution >= 4 is 11.8 Å². The molecule has 1 unspecified atom stereocenters. The molecule has 1 rings (SSSR count). The Morgan fingerprint density at radius 3 is 2.90 bits per heavy atom. The standard InChI is InChI=1S/C14H29N5OS/c1-4-6-7-13(5-2)12-21-14-16-17-18-19(14)10-8-15-9-11-20-3/h13,15H,4-12H2,1-3H3. The van der Waals surface area contributed by atoms with E-state index < -0.39 is 0 Å². The Morgan fingerprint density at radius 2 is 2.19 bits per heavy atom. The highest BCUT2D eigenvalue weighted by Gasteiger charge is 2.11. The number of nitrogens with one attached hydrogen (secondary N) is 1. The highest BCUT2D eigenvalue weighted by Crippen LogP contribution is 2.22. The van der Waals surface area contributed by atoms with E-state index in [9.17, 15) is 0 Å². The number of rotatable bonds is 13. The van der Waals surface area contributed by atoms with E-state index in [2.05, 4.69) is 34.7 Å². The lowest BCUT2D eigenvalue weighted by molar-refractivity contribution is 0.199. The van der Waals surface area contributed by atoms with Crippen molar-refractivity contribution in [1.82, 2.24) is 25.5 Å². The second-order valence-corrected chi connectivity index (χ2v) is 6.14. The molecule has 0 saturated heterocycles. The van der Waals surface area contributed by atoms with E-state index in [1.807, 2.05) is 4.68 Å². The predicted molar refractivity (Wildman–Crippen MR) is 86.6 cm³/mol. The zero-order valence-electron chi connectivity index (χ0n) is 13.5. The van der Waals surface area contributed by atoms with Gasteiger partial charge >= 0.3 is 0 Å². The molecule has 0 amide bonds. The van der Waals surface area contributed by atoms with E-state index in [1.165, 1.54) is 25.7 Å². The molecule has 0 spiro atoms. The molecule has 122 valence electrons. The number of hydrogen-bond acceptors (Lipinski definition) is 6. The smallest absolute Gasteiger partial charge is 0.209 e. The van der Waals surface area contributed by atoms with Gasteiger partial charge in [-0.3, -0.25) is 0 Å². The third-order valence-corrected chi connectivity index (χ3v) is 4.66. The summed E-state index contributed by atoms with van der Waals surface area (Å²) in [6.45, 7) is 7.75. The van der Waals surface area contributed by atoms with Crippen LogP contribution in [0.3, 0.4) is 0 Å². The van der Waals surface area contributed by atoms with Gasteiger partial charge in [0.05, 0.1) is 13.2 Å². The zero-order chi connectivity index (χ0) is 15.3. The maximum Gasteiger partial charge on any atom is 0.209 e. The van der Waals surface area contributed by atoms with Gasteiger partial charge in [0, 0.05) is 26.0 Å². The fraction of sp³-hybridized carbons (Fsp3) is 0.929. The molecule has 0 aromatic carbocycles. The van der Waals surface area contributed by atoms with Gasteiger partial charge in [0.15, 0.2) is 0 Å². The number of tetrazole rings is 1. The van der Waals surface area contributed by atoms with Crippen molar-refractivity contribution in [3.8, 4) is 0 Å². The summed E-state index contributed by atoms with van der Waals surface area (Å²) in [6, 6.07) is 0. The number of methoxy groups -OCH3 is 1. The quantitative estimate of drug-likeness (QED) is 0.445. The molecule has 21 heavy (non-hydrogen) atoms. The number of unbranched alkanes of at least 4 members (excludes halogenated alkanes) is 1. The second-order valence-electron chi connectivity index (χ2n) is 5.15. The van der Waals surface area contributed by atoms with Crippen LogP contribution in [0.2, 0.25) is 0 Å². The van der Waals surface area contributed by atoms with Crippen molar-refractivity contribution in [3.63, 3.8) is 0 Å². The first-order valence-electron chi connectivity index (χ1n) is 7.90. The maximum absolute atomic E-state index is 5.00. The minimum Gasteiger partial charge on any atom is -0.383 e. The van der Waals surface area contributed by atoms with Gasteiger partial charge in [-0.15, -0.1) is 5.10 Å². The molecule has 6 nitrogen and oxygen atoms in total. The van der Waals surface area contributed by atoms with E-state index in [-0.39, 0.29) is 0 Å². The van der Waals surface area contributed by atoms with Crippen LogP contribution in [0.25, 0.3) is 0 Å². The zero-order valence-corrected chi connectivity index (χ0v) is 14.4. The summed E-state index contributed by atoms with van der Waals surface area (Å²) in [5.74, 6) is 1.87. The van der Waals surface area contributed by atoms with Crippen LogP contribution >= 0.6 is 11.8 Å². The SMILES string of the molecule is CCCCC(CC)CSc1nnnn1CCNCCOC. The average molecular weight is 315 g/mol. The van der Waals surface area contributed by atoms with Crippen molar-refractivity contribution in [3.05, 3.63) is 0 Å². The van der Waals surface area contributed by atoms with Crippen LogP contribution in [0.4, 0.5) is 0 Å². The third kappa shape index (κ3) is 7.78. The van der Waals surface area contributed by atoms with E-state index in [0.717, 1.165) is 43.1 Å². The van der Waals surface area contributed by atoms with E-state index >= 15 is 0 Å². The minimum atomic E-state index is 0.729. The van der Waals surface area contributed by atoms with Crippen LogP contribution in [0.15, 0.2) is 5.16 Å².